The summed E-state index contributed by atoms with van der Waals surface area (Å²) in [4.78, 5) is 12.1. The lowest BCUT2D eigenvalue weighted by molar-refractivity contribution is -0.126. The van der Waals surface area contributed by atoms with Crippen LogP contribution < -0.4 is 4.74 Å². The molecule has 1 aromatic rings. The Hall–Kier alpha value is -0.870. The average molecular weight is 313 g/mol. The van der Waals surface area contributed by atoms with E-state index >= 15 is 0 Å². The molecular weight excluding hydrogens is 296 g/mol. The molecule has 18 heavy (non-hydrogen) atoms. The fourth-order valence-corrected chi connectivity index (χ4v) is 2.75. The normalized spacial score (nSPS) is 19.6. The second-order valence-corrected chi connectivity index (χ2v) is 5.38. The Bertz CT molecular complexity index is 425. The molecule has 1 atom stereocenters. The van der Waals surface area contributed by atoms with Gasteiger partial charge in [0, 0.05) is 18.9 Å². The standard InChI is InChI=1S/C14H17BrO3/c1-17-14-5-4-10(7-12(14)15)8-13(16)11-3-2-6-18-9-11/h4-5,7,11H,2-3,6,8-9H2,1H3. The third-order valence-corrected chi connectivity index (χ3v) is 3.83. The van der Waals surface area contributed by atoms with E-state index in [0.717, 1.165) is 35.2 Å². The molecule has 0 bridgehead atoms. The SMILES string of the molecule is COc1ccc(CC(=O)C2CCCOC2)cc1Br. The topological polar surface area (TPSA) is 35.5 Å². The summed E-state index contributed by atoms with van der Waals surface area (Å²) in [5.74, 6) is 1.12. The van der Waals surface area contributed by atoms with Crippen molar-refractivity contribution >= 4 is 21.7 Å². The number of carbonyl (C=O) groups excluding carboxylic acids is 1. The number of Topliss-reactive ketones (excluding diaryl/α,β-unsaturated/α-hetero) is 1. The van der Waals surface area contributed by atoms with Crippen molar-refractivity contribution in [1.82, 2.24) is 0 Å². The second kappa shape index (κ2) is 6.34. The summed E-state index contributed by atoms with van der Waals surface area (Å²) in [5.41, 5.74) is 1.01. The van der Waals surface area contributed by atoms with Crippen molar-refractivity contribution in [2.45, 2.75) is 19.3 Å². The van der Waals surface area contributed by atoms with Crippen molar-refractivity contribution in [3.05, 3.63) is 28.2 Å². The molecule has 0 N–H and O–H groups in total. The zero-order chi connectivity index (χ0) is 13.0. The summed E-state index contributed by atoms with van der Waals surface area (Å²) in [6, 6.07) is 5.76. The van der Waals surface area contributed by atoms with Gasteiger partial charge in [0.25, 0.3) is 0 Å². The number of ketones is 1. The Balaban J connectivity index is 2.00. The van der Waals surface area contributed by atoms with Gasteiger partial charge >= 0.3 is 0 Å². The van der Waals surface area contributed by atoms with Crippen LogP contribution in [0.4, 0.5) is 0 Å². The van der Waals surface area contributed by atoms with Gasteiger partial charge in [-0.1, -0.05) is 6.07 Å². The fraction of sp³-hybridized carbons (Fsp3) is 0.500. The number of rotatable bonds is 4. The van der Waals surface area contributed by atoms with Crippen LogP contribution >= 0.6 is 15.9 Å². The summed E-state index contributed by atoms with van der Waals surface area (Å²) >= 11 is 3.43. The first-order chi connectivity index (χ1) is 8.70. The van der Waals surface area contributed by atoms with Gasteiger partial charge in [-0.05, 0) is 46.5 Å². The molecule has 0 aromatic heterocycles. The number of ether oxygens (including phenoxy) is 2. The number of hydrogen-bond acceptors (Lipinski definition) is 3. The van der Waals surface area contributed by atoms with Crippen LogP contribution in [-0.4, -0.2) is 26.1 Å². The molecule has 2 rings (SSSR count). The van der Waals surface area contributed by atoms with E-state index in [9.17, 15) is 4.79 Å². The lowest BCUT2D eigenvalue weighted by atomic mass is 9.93. The molecule has 1 aromatic carbocycles. The van der Waals surface area contributed by atoms with Gasteiger partial charge in [-0.25, -0.2) is 0 Å². The van der Waals surface area contributed by atoms with Crippen LogP contribution in [0, 0.1) is 5.92 Å². The van der Waals surface area contributed by atoms with Crippen LogP contribution in [-0.2, 0) is 16.0 Å². The van der Waals surface area contributed by atoms with Gasteiger partial charge in [-0.3, -0.25) is 4.79 Å². The first-order valence-corrected chi connectivity index (χ1v) is 6.93. The predicted molar refractivity (Wildman–Crippen MR) is 72.9 cm³/mol. The second-order valence-electron chi connectivity index (χ2n) is 4.53. The molecule has 0 amide bonds. The summed E-state index contributed by atoms with van der Waals surface area (Å²) in [7, 11) is 1.63. The van der Waals surface area contributed by atoms with Gasteiger partial charge < -0.3 is 9.47 Å². The van der Waals surface area contributed by atoms with Crippen molar-refractivity contribution in [3.8, 4) is 5.75 Å². The minimum atomic E-state index is 0.0691. The van der Waals surface area contributed by atoms with Gasteiger partial charge in [-0.15, -0.1) is 0 Å². The number of hydrogen-bond donors (Lipinski definition) is 0. The van der Waals surface area contributed by atoms with Gasteiger partial charge in [0.15, 0.2) is 0 Å². The highest BCUT2D eigenvalue weighted by Crippen LogP contribution is 2.26. The van der Waals surface area contributed by atoms with Gasteiger partial charge in [0.05, 0.1) is 18.2 Å². The third kappa shape index (κ3) is 3.33. The molecule has 0 aliphatic carbocycles. The van der Waals surface area contributed by atoms with Crippen molar-refractivity contribution in [3.63, 3.8) is 0 Å². The molecule has 1 saturated heterocycles. The Kier molecular flexibility index (Phi) is 4.78. The minimum Gasteiger partial charge on any atom is -0.496 e. The van der Waals surface area contributed by atoms with Crippen molar-refractivity contribution in [1.29, 1.82) is 0 Å². The molecule has 3 nitrogen and oxygen atoms in total. The van der Waals surface area contributed by atoms with E-state index in [1.54, 1.807) is 7.11 Å². The van der Waals surface area contributed by atoms with Gasteiger partial charge in [0.2, 0.25) is 0 Å². The van der Waals surface area contributed by atoms with Crippen LogP contribution in [0.15, 0.2) is 22.7 Å². The van der Waals surface area contributed by atoms with E-state index in [-0.39, 0.29) is 11.7 Å². The van der Waals surface area contributed by atoms with Crippen molar-refractivity contribution < 1.29 is 14.3 Å². The maximum atomic E-state index is 12.1. The molecule has 0 radical (unpaired) electrons. The van der Waals surface area contributed by atoms with Gasteiger partial charge in [-0.2, -0.15) is 0 Å². The summed E-state index contributed by atoms with van der Waals surface area (Å²) in [6.45, 7) is 1.37. The molecule has 1 aliphatic rings. The smallest absolute Gasteiger partial charge is 0.142 e. The molecule has 1 unspecified atom stereocenters. The van der Waals surface area contributed by atoms with Crippen LogP contribution in [0.5, 0.6) is 5.75 Å². The molecule has 98 valence electrons. The Morgan fingerprint density at radius 3 is 3.00 bits per heavy atom. The van der Waals surface area contributed by atoms with Crippen LogP contribution in [0.3, 0.4) is 0 Å². The third-order valence-electron chi connectivity index (χ3n) is 3.21. The highest BCUT2D eigenvalue weighted by Gasteiger charge is 2.21. The molecule has 1 fully saturated rings. The van der Waals surface area contributed by atoms with E-state index in [2.05, 4.69) is 15.9 Å². The molecule has 0 saturated carbocycles. The van der Waals surface area contributed by atoms with Crippen LogP contribution in [0.25, 0.3) is 0 Å². The van der Waals surface area contributed by atoms with E-state index in [1.165, 1.54) is 0 Å². The fourth-order valence-electron chi connectivity index (χ4n) is 2.16. The van der Waals surface area contributed by atoms with Crippen molar-refractivity contribution in [2.75, 3.05) is 20.3 Å². The van der Waals surface area contributed by atoms with E-state index < -0.39 is 0 Å². The Morgan fingerprint density at radius 1 is 1.56 bits per heavy atom. The molecular formula is C14H17BrO3. The number of methoxy groups -OCH3 is 1. The van der Waals surface area contributed by atoms with E-state index in [1.807, 2.05) is 18.2 Å². The zero-order valence-corrected chi connectivity index (χ0v) is 12.0. The van der Waals surface area contributed by atoms with Gasteiger partial charge in [0.1, 0.15) is 11.5 Å². The molecule has 1 heterocycles. The highest BCUT2D eigenvalue weighted by molar-refractivity contribution is 9.10. The van der Waals surface area contributed by atoms with Crippen LogP contribution in [0.2, 0.25) is 0 Å². The Morgan fingerprint density at radius 2 is 2.39 bits per heavy atom. The highest BCUT2D eigenvalue weighted by atomic mass is 79.9. The van der Waals surface area contributed by atoms with Crippen LogP contribution in [0.1, 0.15) is 18.4 Å². The largest absolute Gasteiger partial charge is 0.496 e. The number of benzene rings is 1. The number of carbonyl (C=O) groups is 1. The van der Waals surface area contributed by atoms with Crippen molar-refractivity contribution in [2.24, 2.45) is 5.92 Å². The molecule has 0 spiro atoms. The predicted octanol–water partition coefficient (Wildman–Crippen LogP) is 3.00. The molecule has 1 aliphatic heterocycles. The van der Waals surface area contributed by atoms with E-state index in [4.69, 9.17) is 9.47 Å². The minimum absolute atomic E-state index is 0.0691. The number of halogens is 1. The zero-order valence-electron chi connectivity index (χ0n) is 10.4. The summed E-state index contributed by atoms with van der Waals surface area (Å²) in [5, 5.41) is 0. The monoisotopic (exact) mass is 312 g/mol. The maximum Gasteiger partial charge on any atom is 0.142 e. The lowest BCUT2D eigenvalue weighted by Crippen LogP contribution is -2.26. The first kappa shape index (κ1) is 13.6. The first-order valence-electron chi connectivity index (χ1n) is 6.13. The summed E-state index contributed by atoms with van der Waals surface area (Å²) < 4.78 is 11.4. The maximum absolute atomic E-state index is 12.1. The average Bonchev–Trinajstić information content (AvgIpc) is 2.40. The quantitative estimate of drug-likeness (QED) is 0.857. The lowest BCUT2D eigenvalue weighted by Gasteiger charge is -2.20. The molecule has 4 heteroatoms. The van der Waals surface area contributed by atoms with E-state index in [0.29, 0.717) is 13.0 Å². The Labute approximate surface area is 116 Å². The summed E-state index contributed by atoms with van der Waals surface area (Å²) in [6.07, 6.45) is 2.41.